The van der Waals surface area contributed by atoms with E-state index in [4.69, 9.17) is 4.74 Å². The second-order valence-corrected chi connectivity index (χ2v) is 10.1. The first-order valence-corrected chi connectivity index (χ1v) is 11.6. The molecular formula is C21H29N3O4S. The highest BCUT2D eigenvalue weighted by Gasteiger charge is 2.31. The van der Waals surface area contributed by atoms with E-state index >= 15 is 0 Å². The van der Waals surface area contributed by atoms with Gasteiger partial charge in [0.2, 0.25) is 0 Å². The minimum atomic E-state index is -2.98. The van der Waals surface area contributed by atoms with Crippen molar-refractivity contribution in [3.05, 3.63) is 46.3 Å². The molecule has 1 amide bonds. The molecule has 7 nitrogen and oxygen atoms in total. The van der Waals surface area contributed by atoms with Gasteiger partial charge < -0.3 is 9.64 Å². The lowest BCUT2D eigenvalue weighted by molar-refractivity contribution is -0.132. The summed E-state index contributed by atoms with van der Waals surface area (Å²) >= 11 is 0. The summed E-state index contributed by atoms with van der Waals surface area (Å²) in [7, 11) is -1.24. The molecule has 1 aliphatic rings. The van der Waals surface area contributed by atoms with Crippen LogP contribution in [0, 0.1) is 27.7 Å². The molecule has 2 aromatic rings. The Morgan fingerprint density at radius 1 is 1.24 bits per heavy atom. The van der Waals surface area contributed by atoms with Gasteiger partial charge in [-0.3, -0.25) is 9.48 Å². The van der Waals surface area contributed by atoms with Crippen molar-refractivity contribution >= 4 is 15.7 Å². The highest BCUT2D eigenvalue weighted by Crippen LogP contribution is 2.27. The molecule has 1 aliphatic heterocycles. The molecule has 1 fully saturated rings. The fraction of sp³-hybridized carbons (Fsp3) is 0.524. The molecule has 158 valence electrons. The van der Waals surface area contributed by atoms with Gasteiger partial charge in [-0.1, -0.05) is 18.2 Å². The van der Waals surface area contributed by atoms with Gasteiger partial charge in [-0.2, -0.15) is 5.10 Å². The van der Waals surface area contributed by atoms with Gasteiger partial charge in [-0.25, -0.2) is 8.42 Å². The Morgan fingerprint density at radius 3 is 2.48 bits per heavy atom. The molecule has 0 saturated carbocycles. The first-order chi connectivity index (χ1) is 13.6. The molecule has 2 heterocycles. The fourth-order valence-corrected chi connectivity index (χ4v) is 5.54. The van der Waals surface area contributed by atoms with Gasteiger partial charge >= 0.3 is 0 Å². The van der Waals surface area contributed by atoms with Gasteiger partial charge in [0.05, 0.1) is 23.2 Å². The molecule has 0 bridgehead atoms. The van der Waals surface area contributed by atoms with Crippen LogP contribution in [0.3, 0.4) is 0 Å². The molecule has 29 heavy (non-hydrogen) atoms. The minimum Gasteiger partial charge on any atom is -0.483 e. The van der Waals surface area contributed by atoms with E-state index in [1.807, 2.05) is 50.6 Å². The summed E-state index contributed by atoms with van der Waals surface area (Å²) in [6.07, 6.45) is 0.585. The van der Waals surface area contributed by atoms with Crippen molar-refractivity contribution in [1.29, 1.82) is 0 Å². The third-order valence-corrected chi connectivity index (χ3v) is 7.35. The number of nitrogens with zero attached hydrogens (tertiary/aromatic N) is 3. The van der Waals surface area contributed by atoms with Crippen LogP contribution in [0.4, 0.5) is 0 Å². The van der Waals surface area contributed by atoms with Crippen LogP contribution in [0.2, 0.25) is 0 Å². The molecule has 0 unspecified atom stereocenters. The fourth-order valence-electron chi connectivity index (χ4n) is 3.85. The number of sulfone groups is 1. The average molecular weight is 420 g/mol. The standard InChI is InChI=1S/C21H29N3O4S/c1-14-7-6-8-15(2)21(14)28-12-20(25)23(5)11-19-16(3)22-24(17(19)4)18-9-10-29(26,27)13-18/h6-8,18H,9-13H2,1-5H3/t18-/m0/s1. The summed E-state index contributed by atoms with van der Waals surface area (Å²) in [5, 5.41) is 4.57. The highest BCUT2D eigenvalue weighted by molar-refractivity contribution is 7.91. The van der Waals surface area contributed by atoms with Crippen molar-refractivity contribution in [3.8, 4) is 5.75 Å². The van der Waals surface area contributed by atoms with E-state index in [0.717, 1.165) is 33.8 Å². The zero-order chi connectivity index (χ0) is 21.3. The zero-order valence-electron chi connectivity index (χ0n) is 17.7. The maximum Gasteiger partial charge on any atom is 0.260 e. The third kappa shape index (κ3) is 4.63. The molecule has 0 N–H and O–H groups in total. The molecule has 1 aromatic heterocycles. The Balaban J connectivity index is 1.67. The average Bonchev–Trinajstić information content (AvgIpc) is 3.14. The largest absolute Gasteiger partial charge is 0.483 e. The van der Waals surface area contributed by atoms with Crippen LogP contribution in [0.25, 0.3) is 0 Å². The van der Waals surface area contributed by atoms with Gasteiger partial charge in [0, 0.05) is 24.8 Å². The highest BCUT2D eigenvalue weighted by atomic mass is 32.2. The molecule has 1 atom stereocenters. The molecule has 0 aliphatic carbocycles. The summed E-state index contributed by atoms with van der Waals surface area (Å²) in [6, 6.07) is 5.76. The molecule has 0 radical (unpaired) electrons. The summed E-state index contributed by atoms with van der Waals surface area (Å²) in [4.78, 5) is 14.2. The van der Waals surface area contributed by atoms with E-state index in [1.165, 1.54) is 0 Å². The van der Waals surface area contributed by atoms with Crippen molar-refractivity contribution in [2.24, 2.45) is 0 Å². The van der Waals surface area contributed by atoms with Gasteiger partial charge in [0.25, 0.3) is 5.91 Å². The molecule has 0 spiro atoms. The second kappa shape index (κ2) is 8.18. The van der Waals surface area contributed by atoms with Crippen molar-refractivity contribution in [1.82, 2.24) is 14.7 Å². The number of carbonyl (C=O) groups excluding carboxylic acids is 1. The van der Waals surface area contributed by atoms with Crippen LogP contribution in [-0.4, -0.2) is 54.2 Å². The van der Waals surface area contributed by atoms with Crippen LogP contribution in [-0.2, 0) is 21.2 Å². The minimum absolute atomic E-state index is 0.0324. The number of benzene rings is 1. The predicted octanol–water partition coefficient (Wildman–Crippen LogP) is 2.51. The molecular weight excluding hydrogens is 390 g/mol. The van der Waals surface area contributed by atoms with Crippen LogP contribution < -0.4 is 4.74 Å². The monoisotopic (exact) mass is 419 g/mol. The van der Waals surface area contributed by atoms with E-state index in [1.54, 1.807) is 11.9 Å². The smallest absolute Gasteiger partial charge is 0.260 e. The van der Waals surface area contributed by atoms with Crippen molar-refractivity contribution < 1.29 is 17.9 Å². The third-order valence-electron chi connectivity index (χ3n) is 5.60. The van der Waals surface area contributed by atoms with Crippen LogP contribution in [0.15, 0.2) is 18.2 Å². The van der Waals surface area contributed by atoms with Crippen molar-refractivity contribution in [3.63, 3.8) is 0 Å². The summed E-state index contributed by atoms with van der Waals surface area (Å²) in [5.74, 6) is 0.964. The van der Waals surface area contributed by atoms with E-state index in [9.17, 15) is 13.2 Å². The number of para-hydroxylation sites is 1. The lowest BCUT2D eigenvalue weighted by atomic mass is 10.1. The lowest BCUT2D eigenvalue weighted by Crippen LogP contribution is -2.31. The molecule has 1 aromatic carbocycles. The lowest BCUT2D eigenvalue weighted by Gasteiger charge is -2.19. The summed E-state index contributed by atoms with van der Waals surface area (Å²) < 4.78 is 31.2. The molecule has 1 saturated heterocycles. The Bertz CT molecular complexity index is 1010. The number of rotatable bonds is 6. The quantitative estimate of drug-likeness (QED) is 0.719. The van der Waals surface area contributed by atoms with Crippen LogP contribution in [0.1, 0.15) is 40.5 Å². The van der Waals surface area contributed by atoms with Crippen molar-refractivity contribution in [2.75, 3.05) is 25.2 Å². The first-order valence-electron chi connectivity index (χ1n) is 9.77. The topological polar surface area (TPSA) is 81.5 Å². The number of aromatic nitrogens is 2. The summed E-state index contributed by atoms with van der Waals surface area (Å²) in [6.45, 7) is 8.13. The van der Waals surface area contributed by atoms with Crippen LogP contribution >= 0.6 is 0 Å². The van der Waals surface area contributed by atoms with Gasteiger partial charge in [-0.05, 0) is 45.2 Å². The maximum atomic E-state index is 12.6. The van der Waals surface area contributed by atoms with E-state index in [-0.39, 0.29) is 30.1 Å². The zero-order valence-corrected chi connectivity index (χ0v) is 18.5. The SMILES string of the molecule is Cc1cccc(C)c1OCC(=O)N(C)Cc1c(C)nn([C@H]2CCS(=O)(=O)C2)c1C. The number of carbonyl (C=O) groups is 1. The number of amides is 1. The Labute approximate surface area is 172 Å². The normalized spacial score (nSPS) is 18.0. The second-order valence-electron chi connectivity index (χ2n) is 7.91. The number of hydrogen-bond donors (Lipinski definition) is 0. The van der Waals surface area contributed by atoms with Gasteiger partial charge in [0.15, 0.2) is 16.4 Å². The molecule has 3 rings (SSSR count). The number of aryl methyl sites for hydroxylation is 3. The molecule has 8 heteroatoms. The Morgan fingerprint density at radius 2 is 1.90 bits per heavy atom. The van der Waals surface area contributed by atoms with Crippen molar-refractivity contribution in [2.45, 2.75) is 46.7 Å². The van der Waals surface area contributed by atoms with Gasteiger partial charge in [0.1, 0.15) is 5.75 Å². The number of hydrogen-bond acceptors (Lipinski definition) is 5. The van der Waals surface area contributed by atoms with E-state index in [2.05, 4.69) is 5.10 Å². The number of ether oxygens (including phenoxy) is 1. The van der Waals surface area contributed by atoms with Gasteiger partial charge in [-0.15, -0.1) is 0 Å². The Kier molecular flexibility index (Phi) is 6.03. The maximum absolute atomic E-state index is 12.6. The van der Waals surface area contributed by atoms with E-state index in [0.29, 0.717) is 13.0 Å². The first kappa shape index (κ1) is 21.4. The predicted molar refractivity (Wildman–Crippen MR) is 112 cm³/mol. The van der Waals surface area contributed by atoms with Crippen LogP contribution in [0.5, 0.6) is 5.75 Å². The number of likely N-dealkylation sites (N-methyl/N-ethyl adjacent to an activating group) is 1. The summed E-state index contributed by atoms with van der Waals surface area (Å²) in [5.41, 5.74) is 4.69. The van der Waals surface area contributed by atoms with E-state index < -0.39 is 9.84 Å². The Hall–Kier alpha value is -2.35.